The lowest BCUT2D eigenvalue weighted by Crippen LogP contribution is -2.29. The standard InChI is InChI=1S/C17H20N2O3/c20-15-10-14(11-16(21)12-15)19-17(22)18-9-5-4-8-13-6-2-1-3-7-13/h1-3,6-7,10-12,20-21H,4-5,8-9H2,(H2,18,19,22). The highest BCUT2D eigenvalue weighted by Crippen LogP contribution is 2.23. The van der Waals surface area contributed by atoms with Gasteiger partial charge in [0.2, 0.25) is 0 Å². The average Bonchev–Trinajstić information content (AvgIpc) is 2.47. The van der Waals surface area contributed by atoms with Gasteiger partial charge >= 0.3 is 6.03 Å². The summed E-state index contributed by atoms with van der Waals surface area (Å²) in [5.41, 5.74) is 1.64. The number of urea groups is 1. The van der Waals surface area contributed by atoms with Crippen LogP contribution in [0.5, 0.6) is 11.5 Å². The van der Waals surface area contributed by atoms with Gasteiger partial charge in [0.05, 0.1) is 0 Å². The Morgan fingerprint density at radius 3 is 2.32 bits per heavy atom. The molecule has 0 fully saturated rings. The van der Waals surface area contributed by atoms with Crippen molar-refractivity contribution in [2.24, 2.45) is 0 Å². The number of phenols is 2. The van der Waals surface area contributed by atoms with Crippen molar-refractivity contribution >= 4 is 11.7 Å². The Morgan fingerprint density at radius 1 is 0.955 bits per heavy atom. The summed E-state index contributed by atoms with van der Waals surface area (Å²) in [5, 5.41) is 24.0. The van der Waals surface area contributed by atoms with E-state index in [4.69, 9.17) is 0 Å². The van der Waals surface area contributed by atoms with Gasteiger partial charge in [0, 0.05) is 30.4 Å². The van der Waals surface area contributed by atoms with Crippen LogP contribution in [-0.4, -0.2) is 22.8 Å². The summed E-state index contributed by atoms with van der Waals surface area (Å²) in [6, 6.07) is 13.8. The maximum atomic E-state index is 11.7. The Bertz CT molecular complexity index is 594. The van der Waals surface area contributed by atoms with Crippen molar-refractivity contribution in [2.45, 2.75) is 19.3 Å². The molecule has 0 unspecified atom stereocenters. The molecule has 2 rings (SSSR count). The second-order valence-corrected chi connectivity index (χ2v) is 5.06. The number of benzene rings is 2. The van der Waals surface area contributed by atoms with Crippen LogP contribution in [0.15, 0.2) is 48.5 Å². The third-order valence-electron chi connectivity index (χ3n) is 3.18. The molecule has 0 atom stereocenters. The molecule has 2 aromatic rings. The van der Waals surface area contributed by atoms with Crippen LogP contribution in [0, 0.1) is 0 Å². The molecule has 0 radical (unpaired) electrons. The molecule has 0 spiro atoms. The van der Waals surface area contributed by atoms with Gasteiger partial charge in [0.25, 0.3) is 0 Å². The summed E-state index contributed by atoms with van der Waals surface area (Å²) in [5.74, 6) is -0.198. The van der Waals surface area contributed by atoms with Crippen molar-refractivity contribution in [1.82, 2.24) is 5.32 Å². The molecule has 5 nitrogen and oxygen atoms in total. The number of nitrogens with one attached hydrogen (secondary N) is 2. The first-order valence-electron chi connectivity index (χ1n) is 7.25. The third-order valence-corrected chi connectivity index (χ3v) is 3.18. The largest absolute Gasteiger partial charge is 0.508 e. The zero-order valence-electron chi connectivity index (χ0n) is 12.2. The first-order chi connectivity index (χ1) is 10.6. The Labute approximate surface area is 129 Å². The van der Waals surface area contributed by atoms with Gasteiger partial charge < -0.3 is 20.8 Å². The van der Waals surface area contributed by atoms with Crippen LogP contribution in [0.25, 0.3) is 0 Å². The lowest BCUT2D eigenvalue weighted by molar-refractivity contribution is 0.252. The SMILES string of the molecule is O=C(NCCCCc1ccccc1)Nc1cc(O)cc(O)c1. The molecule has 0 heterocycles. The van der Waals surface area contributed by atoms with Crippen LogP contribution >= 0.6 is 0 Å². The number of phenolic OH excluding ortho intramolecular Hbond substituents is 2. The first-order valence-corrected chi connectivity index (χ1v) is 7.25. The van der Waals surface area contributed by atoms with Crippen LogP contribution in [-0.2, 0) is 6.42 Å². The summed E-state index contributed by atoms with van der Waals surface area (Å²) in [6.07, 6.45) is 2.87. The Morgan fingerprint density at radius 2 is 1.64 bits per heavy atom. The van der Waals surface area contributed by atoms with Gasteiger partial charge in [-0.2, -0.15) is 0 Å². The number of carbonyl (C=O) groups is 1. The fourth-order valence-electron chi connectivity index (χ4n) is 2.14. The highest BCUT2D eigenvalue weighted by atomic mass is 16.3. The highest BCUT2D eigenvalue weighted by molar-refractivity contribution is 5.89. The minimum atomic E-state index is -0.357. The molecule has 5 heteroatoms. The number of carbonyl (C=O) groups excluding carboxylic acids is 1. The zero-order chi connectivity index (χ0) is 15.8. The van der Waals surface area contributed by atoms with Gasteiger partial charge in [-0.25, -0.2) is 4.79 Å². The minimum Gasteiger partial charge on any atom is -0.508 e. The van der Waals surface area contributed by atoms with E-state index in [0.717, 1.165) is 19.3 Å². The number of rotatable bonds is 6. The highest BCUT2D eigenvalue weighted by Gasteiger charge is 2.03. The molecule has 0 saturated carbocycles. The summed E-state index contributed by atoms with van der Waals surface area (Å²) in [4.78, 5) is 11.7. The lowest BCUT2D eigenvalue weighted by atomic mass is 10.1. The van der Waals surface area contributed by atoms with Crippen molar-refractivity contribution in [3.8, 4) is 11.5 Å². The fraction of sp³-hybridized carbons (Fsp3) is 0.235. The molecule has 116 valence electrons. The molecule has 0 bridgehead atoms. The molecule has 2 aromatic carbocycles. The molecular formula is C17H20N2O3. The average molecular weight is 300 g/mol. The molecule has 0 aromatic heterocycles. The predicted molar refractivity (Wildman–Crippen MR) is 86.2 cm³/mol. The van der Waals surface area contributed by atoms with Gasteiger partial charge in [0.1, 0.15) is 11.5 Å². The van der Waals surface area contributed by atoms with Gasteiger partial charge in [0.15, 0.2) is 0 Å². The van der Waals surface area contributed by atoms with E-state index in [0.29, 0.717) is 12.2 Å². The van der Waals surface area contributed by atoms with Crippen LogP contribution < -0.4 is 10.6 Å². The van der Waals surface area contributed by atoms with Gasteiger partial charge in [-0.3, -0.25) is 0 Å². The summed E-state index contributed by atoms with van der Waals surface area (Å²) < 4.78 is 0. The van der Waals surface area contributed by atoms with Crippen molar-refractivity contribution in [3.63, 3.8) is 0 Å². The topological polar surface area (TPSA) is 81.6 Å². The molecule has 2 amide bonds. The van der Waals surface area contributed by atoms with Crippen LogP contribution in [0.4, 0.5) is 10.5 Å². The quantitative estimate of drug-likeness (QED) is 0.618. The van der Waals surface area contributed by atoms with E-state index in [2.05, 4.69) is 22.8 Å². The molecule has 0 aliphatic carbocycles. The number of aromatic hydroxyl groups is 2. The molecule has 0 aliphatic rings. The second kappa shape index (κ2) is 7.93. The number of amides is 2. The Kier molecular flexibility index (Phi) is 5.65. The maximum Gasteiger partial charge on any atom is 0.319 e. The zero-order valence-corrected chi connectivity index (χ0v) is 12.2. The van der Waals surface area contributed by atoms with E-state index < -0.39 is 0 Å². The van der Waals surface area contributed by atoms with Crippen LogP contribution in [0.3, 0.4) is 0 Å². The molecule has 0 aliphatic heterocycles. The van der Waals surface area contributed by atoms with Gasteiger partial charge in [-0.15, -0.1) is 0 Å². The fourth-order valence-corrected chi connectivity index (χ4v) is 2.14. The predicted octanol–water partition coefficient (Wildman–Crippen LogP) is 3.24. The van der Waals surface area contributed by atoms with E-state index in [1.807, 2.05) is 18.2 Å². The molecule has 22 heavy (non-hydrogen) atoms. The number of aryl methyl sites for hydroxylation is 1. The molecular weight excluding hydrogens is 280 g/mol. The van der Waals surface area contributed by atoms with Crippen molar-refractivity contribution in [3.05, 3.63) is 54.1 Å². The Balaban J connectivity index is 1.65. The normalized spacial score (nSPS) is 10.2. The van der Waals surface area contributed by atoms with Crippen molar-refractivity contribution < 1.29 is 15.0 Å². The van der Waals surface area contributed by atoms with E-state index in [-0.39, 0.29) is 17.5 Å². The number of hydrogen-bond acceptors (Lipinski definition) is 3. The van der Waals surface area contributed by atoms with Crippen molar-refractivity contribution in [2.75, 3.05) is 11.9 Å². The number of anilines is 1. The van der Waals surface area contributed by atoms with E-state index in [1.165, 1.54) is 23.8 Å². The smallest absolute Gasteiger partial charge is 0.319 e. The minimum absolute atomic E-state index is 0.0989. The van der Waals surface area contributed by atoms with Gasteiger partial charge in [-0.05, 0) is 24.8 Å². The molecule has 0 saturated heterocycles. The van der Waals surface area contributed by atoms with Crippen molar-refractivity contribution in [1.29, 1.82) is 0 Å². The Hall–Kier alpha value is -2.69. The first kappa shape index (κ1) is 15.7. The number of hydrogen-bond donors (Lipinski definition) is 4. The summed E-state index contributed by atoms with van der Waals surface area (Å²) in [6.45, 7) is 0.573. The summed E-state index contributed by atoms with van der Waals surface area (Å²) in [7, 11) is 0. The van der Waals surface area contributed by atoms with Gasteiger partial charge in [-0.1, -0.05) is 30.3 Å². The number of unbranched alkanes of at least 4 members (excludes halogenated alkanes) is 1. The van der Waals surface area contributed by atoms with Crippen LogP contribution in [0.1, 0.15) is 18.4 Å². The maximum absolute atomic E-state index is 11.7. The second-order valence-electron chi connectivity index (χ2n) is 5.06. The van der Waals surface area contributed by atoms with E-state index in [1.54, 1.807) is 0 Å². The van der Waals surface area contributed by atoms with E-state index in [9.17, 15) is 15.0 Å². The summed E-state index contributed by atoms with van der Waals surface area (Å²) >= 11 is 0. The lowest BCUT2D eigenvalue weighted by Gasteiger charge is -2.08. The van der Waals surface area contributed by atoms with E-state index >= 15 is 0 Å². The molecule has 4 N–H and O–H groups in total. The third kappa shape index (κ3) is 5.36. The van der Waals surface area contributed by atoms with Crippen LogP contribution in [0.2, 0.25) is 0 Å². The monoisotopic (exact) mass is 300 g/mol.